The predicted octanol–water partition coefficient (Wildman–Crippen LogP) is 2.84. The number of aromatic nitrogens is 2. The molecule has 0 amide bonds. The van der Waals surface area contributed by atoms with Crippen LogP contribution in [0.1, 0.15) is 16.1 Å². The van der Waals surface area contributed by atoms with Gasteiger partial charge in [0.2, 0.25) is 0 Å². The van der Waals surface area contributed by atoms with Crippen LogP contribution in [0.5, 0.6) is 5.75 Å². The molecule has 6 heteroatoms. The Morgan fingerprint density at radius 2 is 2.25 bits per heavy atom. The van der Waals surface area contributed by atoms with Crippen LogP contribution in [0.2, 0.25) is 0 Å². The highest BCUT2D eigenvalue weighted by molar-refractivity contribution is 5.95. The number of carboxylic acid groups (broad SMARTS) is 1. The van der Waals surface area contributed by atoms with Gasteiger partial charge in [0, 0.05) is 23.2 Å². The first-order valence-electron chi connectivity index (χ1n) is 5.97. The minimum Gasteiger partial charge on any atom is -0.495 e. The van der Waals surface area contributed by atoms with Crippen LogP contribution in [0, 0.1) is 6.92 Å². The van der Waals surface area contributed by atoms with E-state index in [-0.39, 0.29) is 5.69 Å². The molecule has 0 aliphatic rings. The van der Waals surface area contributed by atoms with E-state index in [4.69, 9.17) is 14.4 Å². The van der Waals surface area contributed by atoms with Gasteiger partial charge in [0.15, 0.2) is 11.5 Å². The maximum atomic E-state index is 10.9. The summed E-state index contributed by atoms with van der Waals surface area (Å²) in [6.45, 7) is 1.97. The highest BCUT2D eigenvalue weighted by Crippen LogP contribution is 2.38. The molecular weight excluding hydrogens is 260 g/mol. The van der Waals surface area contributed by atoms with Gasteiger partial charge in [-0.1, -0.05) is 5.16 Å². The Morgan fingerprint density at radius 1 is 1.45 bits per heavy atom. The van der Waals surface area contributed by atoms with Crippen LogP contribution in [-0.4, -0.2) is 28.3 Å². The summed E-state index contributed by atoms with van der Waals surface area (Å²) in [7, 11) is 1.57. The van der Waals surface area contributed by atoms with E-state index < -0.39 is 5.97 Å². The molecule has 3 aromatic rings. The first-order valence-corrected chi connectivity index (χ1v) is 5.97. The molecule has 0 fully saturated rings. The van der Waals surface area contributed by atoms with E-state index in [1.165, 1.54) is 6.07 Å². The quantitative estimate of drug-likeness (QED) is 0.765. The van der Waals surface area contributed by atoms with Crippen LogP contribution in [-0.2, 0) is 0 Å². The van der Waals surface area contributed by atoms with Crippen LogP contribution in [0.3, 0.4) is 0 Å². The lowest BCUT2D eigenvalue weighted by Crippen LogP contribution is -1.94. The monoisotopic (exact) mass is 272 g/mol. The Hall–Kier alpha value is -2.76. The highest BCUT2D eigenvalue weighted by atomic mass is 16.5. The molecule has 0 saturated carbocycles. The molecule has 2 aromatic heterocycles. The molecule has 0 unspecified atom stereocenters. The van der Waals surface area contributed by atoms with Crippen LogP contribution in [0.15, 0.2) is 28.9 Å². The standard InChI is InChI=1S/C14H12N2O4/c1-7-6-15-9-4-3-8(13(19-2)12(7)9)11-5-10(14(17)18)16-20-11/h3-6,15H,1-2H3,(H,17,18). The van der Waals surface area contributed by atoms with Crippen LogP contribution >= 0.6 is 0 Å². The summed E-state index contributed by atoms with van der Waals surface area (Å²) in [5.74, 6) is -0.131. The molecule has 0 saturated heterocycles. The maximum Gasteiger partial charge on any atom is 0.358 e. The molecular formula is C14H12N2O4. The number of H-pyrrole nitrogens is 1. The highest BCUT2D eigenvalue weighted by Gasteiger charge is 2.18. The zero-order chi connectivity index (χ0) is 14.3. The topological polar surface area (TPSA) is 88.3 Å². The second kappa shape index (κ2) is 4.41. The number of benzene rings is 1. The van der Waals surface area contributed by atoms with Gasteiger partial charge < -0.3 is 19.4 Å². The van der Waals surface area contributed by atoms with Gasteiger partial charge in [0.25, 0.3) is 0 Å². The van der Waals surface area contributed by atoms with Crippen LogP contribution in [0.4, 0.5) is 0 Å². The number of methoxy groups -OCH3 is 1. The third kappa shape index (κ3) is 1.73. The van der Waals surface area contributed by atoms with Gasteiger partial charge >= 0.3 is 5.97 Å². The molecule has 0 bridgehead atoms. The first-order chi connectivity index (χ1) is 9.61. The summed E-state index contributed by atoms with van der Waals surface area (Å²) >= 11 is 0. The average Bonchev–Trinajstić information content (AvgIpc) is 3.05. The third-order valence-corrected chi connectivity index (χ3v) is 3.20. The second-order valence-electron chi connectivity index (χ2n) is 4.42. The van der Waals surface area contributed by atoms with Crippen molar-refractivity contribution in [3.63, 3.8) is 0 Å². The Labute approximate surface area is 114 Å². The molecule has 0 aliphatic carbocycles. The smallest absolute Gasteiger partial charge is 0.358 e. The maximum absolute atomic E-state index is 10.9. The van der Waals surface area contributed by atoms with Gasteiger partial charge in [-0.2, -0.15) is 0 Å². The van der Waals surface area contributed by atoms with Crippen molar-refractivity contribution in [2.75, 3.05) is 7.11 Å². The van der Waals surface area contributed by atoms with Gasteiger partial charge in [-0.15, -0.1) is 0 Å². The summed E-state index contributed by atoms with van der Waals surface area (Å²) in [5.41, 5.74) is 2.52. The number of hydrogen-bond donors (Lipinski definition) is 2. The van der Waals surface area contributed by atoms with E-state index >= 15 is 0 Å². The average molecular weight is 272 g/mol. The lowest BCUT2D eigenvalue weighted by Gasteiger charge is -2.08. The lowest BCUT2D eigenvalue weighted by atomic mass is 10.1. The number of rotatable bonds is 3. The van der Waals surface area contributed by atoms with Gasteiger partial charge in [-0.3, -0.25) is 0 Å². The molecule has 20 heavy (non-hydrogen) atoms. The molecule has 0 radical (unpaired) electrons. The van der Waals surface area contributed by atoms with Crippen molar-refractivity contribution in [1.29, 1.82) is 0 Å². The van der Waals surface area contributed by atoms with Gasteiger partial charge in [-0.25, -0.2) is 4.79 Å². The van der Waals surface area contributed by atoms with E-state index in [1.807, 2.05) is 25.3 Å². The Balaban J connectivity index is 2.24. The minimum atomic E-state index is -1.13. The SMILES string of the molecule is COc1c(-c2cc(C(=O)O)no2)ccc2[nH]cc(C)c12. The fourth-order valence-corrected chi connectivity index (χ4v) is 2.26. The molecule has 3 rings (SSSR count). The number of nitrogens with zero attached hydrogens (tertiary/aromatic N) is 1. The number of carboxylic acids is 1. The predicted molar refractivity (Wildman–Crippen MR) is 72.0 cm³/mol. The van der Waals surface area contributed by atoms with Crippen molar-refractivity contribution in [2.24, 2.45) is 0 Å². The fourth-order valence-electron chi connectivity index (χ4n) is 2.26. The Bertz CT molecular complexity index is 801. The van der Waals surface area contributed by atoms with E-state index in [0.717, 1.165) is 16.5 Å². The van der Waals surface area contributed by atoms with E-state index in [9.17, 15) is 4.79 Å². The molecule has 0 atom stereocenters. The summed E-state index contributed by atoms with van der Waals surface area (Å²) in [4.78, 5) is 14.0. The minimum absolute atomic E-state index is 0.132. The van der Waals surface area contributed by atoms with Crippen molar-refractivity contribution in [1.82, 2.24) is 10.1 Å². The molecule has 6 nitrogen and oxygen atoms in total. The number of aryl methyl sites for hydroxylation is 1. The normalized spacial score (nSPS) is 10.9. The van der Waals surface area contributed by atoms with Gasteiger partial charge in [0.05, 0.1) is 12.7 Å². The number of hydrogen-bond acceptors (Lipinski definition) is 4. The van der Waals surface area contributed by atoms with Crippen LogP contribution in [0.25, 0.3) is 22.2 Å². The van der Waals surface area contributed by atoms with Crippen molar-refractivity contribution in [2.45, 2.75) is 6.92 Å². The number of nitrogens with one attached hydrogen (secondary N) is 1. The largest absolute Gasteiger partial charge is 0.495 e. The summed E-state index contributed by atoms with van der Waals surface area (Å²) < 4.78 is 10.6. The Kier molecular flexibility index (Phi) is 2.71. The molecule has 2 N–H and O–H groups in total. The van der Waals surface area contributed by atoms with Gasteiger partial charge in [0.1, 0.15) is 5.75 Å². The zero-order valence-corrected chi connectivity index (χ0v) is 10.9. The summed E-state index contributed by atoms with van der Waals surface area (Å²) in [5, 5.41) is 13.4. The molecule has 2 heterocycles. The third-order valence-electron chi connectivity index (χ3n) is 3.20. The number of aromatic amines is 1. The van der Waals surface area contributed by atoms with E-state index in [0.29, 0.717) is 17.1 Å². The number of fused-ring (bicyclic) bond motifs is 1. The van der Waals surface area contributed by atoms with Crippen molar-refractivity contribution < 1.29 is 19.2 Å². The molecule has 0 spiro atoms. The number of aromatic carboxylic acids is 1. The number of ether oxygens (including phenoxy) is 1. The second-order valence-corrected chi connectivity index (χ2v) is 4.42. The summed E-state index contributed by atoms with van der Waals surface area (Å²) in [6.07, 6.45) is 1.89. The zero-order valence-electron chi connectivity index (χ0n) is 10.9. The molecule has 1 aromatic carbocycles. The number of carbonyl (C=O) groups is 1. The molecule has 102 valence electrons. The van der Waals surface area contributed by atoms with E-state index in [1.54, 1.807) is 7.11 Å². The van der Waals surface area contributed by atoms with Gasteiger partial charge in [-0.05, 0) is 24.6 Å². The molecule has 0 aliphatic heterocycles. The van der Waals surface area contributed by atoms with Crippen molar-refractivity contribution in [3.8, 4) is 17.1 Å². The first kappa shape index (κ1) is 12.3. The van der Waals surface area contributed by atoms with Crippen molar-refractivity contribution in [3.05, 3.63) is 35.7 Å². The Morgan fingerprint density at radius 3 is 2.90 bits per heavy atom. The fraction of sp³-hybridized carbons (Fsp3) is 0.143. The van der Waals surface area contributed by atoms with Crippen LogP contribution < -0.4 is 4.74 Å². The summed E-state index contributed by atoms with van der Waals surface area (Å²) in [6, 6.07) is 5.08. The van der Waals surface area contributed by atoms with Crippen molar-refractivity contribution >= 4 is 16.9 Å². The van der Waals surface area contributed by atoms with E-state index in [2.05, 4.69) is 10.1 Å². The lowest BCUT2D eigenvalue weighted by molar-refractivity contribution is 0.0686.